The van der Waals surface area contributed by atoms with Gasteiger partial charge in [-0.05, 0) is 72.6 Å². The fourth-order valence-electron chi connectivity index (χ4n) is 2.70. The summed E-state index contributed by atoms with van der Waals surface area (Å²) >= 11 is 9.27. The molecule has 0 unspecified atom stereocenters. The third-order valence-electron chi connectivity index (χ3n) is 4.28. The number of carbonyl (C=O) groups is 1. The van der Waals surface area contributed by atoms with E-state index in [4.69, 9.17) is 21.1 Å². The lowest BCUT2D eigenvalue weighted by molar-refractivity contribution is -0.119. The van der Waals surface area contributed by atoms with E-state index in [1.807, 2.05) is 49.4 Å². The molecule has 0 heterocycles. The molecule has 0 saturated carbocycles. The topological polar surface area (TPSA) is 72.0 Å². The molecule has 0 radical (unpaired) electrons. The summed E-state index contributed by atoms with van der Waals surface area (Å²) in [7, 11) is 0. The van der Waals surface area contributed by atoms with E-state index in [0.29, 0.717) is 29.7 Å². The second kappa shape index (κ2) is 12.1. The lowest BCUT2D eigenvalue weighted by Crippen LogP contribution is -2.25. The van der Waals surface area contributed by atoms with E-state index in [1.54, 1.807) is 30.5 Å². The molecule has 0 aromatic heterocycles. The number of benzene rings is 3. The van der Waals surface area contributed by atoms with Crippen LogP contribution in [0.3, 0.4) is 0 Å². The Balaban J connectivity index is 1.54. The van der Waals surface area contributed by atoms with Crippen LogP contribution in [0.5, 0.6) is 11.5 Å². The van der Waals surface area contributed by atoms with Gasteiger partial charge in [-0.15, -0.1) is 0 Å². The number of hydrogen-bond donors (Lipinski definition) is 2. The van der Waals surface area contributed by atoms with Crippen molar-refractivity contribution in [1.82, 2.24) is 5.43 Å². The summed E-state index contributed by atoms with van der Waals surface area (Å²) in [6, 6.07) is 20.5. The van der Waals surface area contributed by atoms with Crippen molar-refractivity contribution in [2.24, 2.45) is 5.10 Å². The maximum Gasteiger partial charge on any atom is 0.259 e. The highest BCUT2D eigenvalue weighted by Crippen LogP contribution is 2.29. The van der Waals surface area contributed by atoms with Crippen LogP contribution in [0, 0.1) is 0 Å². The molecule has 0 saturated heterocycles. The summed E-state index contributed by atoms with van der Waals surface area (Å²) in [4.78, 5) is 12.0. The third-order valence-corrected chi connectivity index (χ3v) is 5.06. The van der Waals surface area contributed by atoms with Crippen LogP contribution in [-0.4, -0.2) is 25.3 Å². The van der Waals surface area contributed by atoms with Gasteiger partial charge in [0.2, 0.25) is 0 Å². The van der Waals surface area contributed by atoms with Crippen LogP contribution in [0.2, 0.25) is 5.02 Å². The van der Waals surface area contributed by atoms with Gasteiger partial charge in [-0.1, -0.05) is 39.7 Å². The molecule has 8 heteroatoms. The third kappa shape index (κ3) is 7.59. The molecule has 3 rings (SSSR count). The number of anilines is 1. The number of nitrogens with one attached hydrogen (secondary N) is 2. The molecule has 3 aromatic carbocycles. The van der Waals surface area contributed by atoms with Crippen LogP contribution in [0.25, 0.3) is 0 Å². The Bertz CT molecular complexity index is 1060. The molecule has 166 valence electrons. The van der Waals surface area contributed by atoms with E-state index in [2.05, 4.69) is 31.8 Å². The Morgan fingerprint density at radius 3 is 2.50 bits per heavy atom. The zero-order valence-corrected chi connectivity index (χ0v) is 19.8. The molecule has 0 fully saturated rings. The Labute approximate surface area is 200 Å². The average Bonchev–Trinajstić information content (AvgIpc) is 2.79. The van der Waals surface area contributed by atoms with E-state index in [9.17, 15) is 4.79 Å². The zero-order valence-electron chi connectivity index (χ0n) is 17.5. The van der Waals surface area contributed by atoms with Crippen LogP contribution in [0.4, 0.5) is 5.69 Å². The number of halogens is 2. The number of carbonyl (C=O) groups excluding carboxylic acids is 1. The number of hydrogen-bond acceptors (Lipinski definition) is 5. The summed E-state index contributed by atoms with van der Waals surface area (Å²) in [5.74, 6) is 0.989. The highest BCUT2D eigenvalue weighted by Gasteiger charge is 2.07. The second-order valence-corrected chi connectivity index (χ2v) is 8.06. The van der Waals surface area contributed by atoms with Crippen molar-refractivity contribution >= 4 is 45.3 Å². The van der Waals surface area contributed by atoms with Crippen molar-refractivity contribution in [3.05, 3.63) is 87.4 Å². The Hall–Kier alpha value is -3.03. The van der Waals surface area contributed by atoms with Crippen LogP contribution in [0.1, 0.15) is 18.1 Å². The predicted molar refractivity (Wildman–Crippen MR) is 132 cm³/mol. The first-order valence-electron chi connectivity index (χ1n) is 9.99. The molecule has 3 aromatic rings. The first-order valence-corrected chi connectivity index (χ1v) is 11.2. The summed E-state index contributed by atoms with van der Waals surface area (Å²) in [5, 5.41) is 7.65. The summed E-state index contributed by atoms with van der Waals surface area (Å²) in [5.41, 5.74) is 5.12. The number of rotatable bonds is 10. The number of nitrogens with zero attached hydrogens (tertiary/aromatic N) is 1. The Kier molecular flexibility index (Phi) is 8.95. The predicted octanol–water partition coefficient (Wildman–Crippen LogP) is 5.64. The lowest BCUT2D eigenvalue weighted by atomic mass is 10.2. The molecule has 0 aliphatic rings. The number of ether oxygens (including phenoxy) is 2. The Morgan fingerprint density at radius 1 is 1.03 bits per heavy atom. The van der Waals surface area contributed by atoms with Gasteiger partial charge in [0.25, 0.3) is 5.91 Å². The van der Waals surface area contributed by atoms with Gasteiger partial charge in [0.05, 0.1) is 19.4 Å². The van der Waals surface area contributed by atoms with Crippen molar-refractivity contribution in [1.29, 1.82) is 0 Å². The first kappa shape index (κ1) is 23.6. The largest absolute Gasteiger partial charge is 0.490 e. The molecule has 32 heavy (non-hydrogen) atoms. The van der Waals surface area contributed by atoms with Gasteiger partial charge >= 0.3 is 0 Å². The number of amides is 1. The molecule has 0 atom stereocenters. The molecule has 0 aliphatic carbocycles. The maximum atomic E-state index is 12.0. The van der Waals surface area contributed by atoms with Crippen molar-refractivity contribution in [3.63, 3.8) is 0 Å². The molecule has 1 amide bonds. The van der Waals surface area contributed by atoms with Gasteiger partial charge in [-0.3, -0.25) is 4.79 Å². The van der Waals surface area contributed by atoms with Crippen molar-refractivity contribution in [2.45, 2.75) is 13.5 Å². The fourth-order valence-corrected chi connectivity index (χ4v) is 3.09. The maximum absolute atomic E-state index is 12.0. The van der Waals surface area contributed by atoms with Crippen LogP contribution >= 0.6 is 27.5 Å². The van der Waals surface area contributed by atoms with Gasteiger partial charge in [0.1, 0.15) is 6.61 Å². The monoisotopic (exact) mass is 515 g/mol. The van der Waals surface area contributed by atoms with Crippen molar-refractivity contribution in [3.8, 4) is 11.5 Å². The fraction of sp³-hybridized carbons (Fsp3) is 0.167. The minimum absolute atomic E-state index is 0.0893. The SMILES string of the molecule is CCOc1cc(/C=N\NC(=O)CNc2ccc(Cl)cc2)ccc1OCc1ccc(Br)cc1. The minimum Gasteiger partial charge on any atom is -0.490 e. The molecule has 0 aliphatic heterocycles. The van der Waals surface area contributed by atoms with Crippen molar-refractivity contribution < 1.29 is 14.3 Å². The Morgan fingerprint density at radius 2 is 1.78 bits per heavy atom. The van der Waals surface area contributed by atoms with Crippen LogP contribution in [0.15, 0.2) is 76.3 Å². The average molecular weight is 517 g/mol. The van der Waals surface area contributed by atoms with Crippen LogP contribution in [-0.2, 0) is 11.4 Å². The molecule has 2 N–H and O–H groups in total. The van der Waals surface area contributed by atoms with Gasteiger partial charge in [-0.2, -0.15) is 5.10 Å². The lowest BCUT2D eigenvalue weighted by Gasteiger charge is -2.12. The molecule has 0 spiro atoms. The molecular weight excluding hydrogens is 494 g/mol. The summed E-state index contributed by atoms with van der Waals surface area (Å²) in [6.07, 6.45) is 1.56. The van der Waals surface area contributed by atoms with E-state index in [1.165, 1.54) is 0 Å². The van der Waals surface area contributed by atoms with Crippen molar-refractivity contribution in [2.75, 3.05) is 18.5 Å². The highest BCUT2D eigenvalue weighted by atomic mass is 79.9. The minimum atomic E-state index is -0.268. The quantitative estimate of drug-likeness (QED) is 0.270. The second-order valence-electron chi connectivity index (χ2n) is 6.71. The van der Waals surface area contributed by atoms with E-state index < -0.39 is 0 Å². The normalized spacial score (nSPS) is 10.7. The van der Waals surface area contributed by atoms with Crippen LogP contribution < -0.4 is 20.2 Å². The van der Waals surface area contributed by atoms with Gasteiger partial charge in [0.15, 0.2) is 11.5 Å². The van der Waals surface area contributed by atoms with E-state index in [-0.39, 0.29) is 12.5 Å². The van der Waals surface area contributed by atoms with Gasteiger partial charge < -0.3 is 14.8 Å². The smallest absolute Gasteiger partial charge is 0.259 e. The highest BCUT2D eigenvalue weighted by molar-refractivity contribution is 9.10. The van der Waals surface area contributed by atoms with Gasteiger partial charge in [-0.25, -0.2) is 5.43 Å². The first-order chi connectivity index (χ1) is 15.5. The molecular formula is C24H23BrClN3O3. The zero-order chi connectivity index (χ0) is 22.8. The standard InChI is InChI=1S/C24H23BrClN3O3/c1-2-31-23-13-18(5-12-22(23)32-16-17-3-6-19(25)7-4-17)14-28-29-24(30)15-27-21-10-8-20(26)9-11-21/h3-14,27H,2,15-16H2,1H3,(H,29,30)/b28-14-. The van der Waals surface area contributed by atoms with Gasteiger partial charge in [0, 0.05) is 15.2 Å². The number of hydrazone groups is 1. The molecule has 0 bridgehead atoms. The summed E-state index contributed by atoms with van der Waals surface area (Å²) < 4.78 is 12.7. The summed E-state index contributed by atoms with van der Waals surface area (Å²) in [6.45, 7) is 2.93. The molecule has 6 nitrogen and oxygen atoms in total. The van der Waals surface area contributed by atoms with E-state index in [0.717, 1.165) is 21.3 Å². The van der Waals surface area contributed by atoms with E-state index >= 15 is 0 Å².